The normalized spacial score (nSPS) is 12.3. The molecule has 2 aromatic rings. The summed E-state index contributed by atoms with van der Waals surface area (Å²) < 4.78 is 32.0. The summed E-state index contributed by atoms with van der Waals surface area (Å²) >= 11 is 0. The summed E-state index contributed by atoms with van der Waals surface area (Å²) in [5, 5.41) is 0. The van der Waals surface area contributed by atoms with Crippen LogP contribution in [0.2, 0.25) is 0 Å². The summed E-state index contributed by atoms with van der Waals surface area (Å²) in [5.74, 6) is -1.57. The molecule has 0 fully saturated rings. The van der Waals surface area contributed by atoms with Gasteiger partial charge in [-0.25, -0.2) is 8.78 Å². The lowest BCUT2D eigenvalue weighted by molar-refractivity contribution is 0.0174. The second-order valence-corrected chi connectivity index (χ2v) is 6.29. The van der Waals surface area contributed by atoms with E-state index >= 15 is 0 Å². The fourth-order valence-corrected chi connectivity index (χ4v) is 1.98. The molecule has 2 aromatic carbocycles. The first-order valence-electron chi connectivity index (χ1n) is 6.93. The average Bonchev–Trinajstić information content (AvgIpc) is 2.37. The Morgan fingerprint density at radius 2 is 1.38 bits per heavy atom. The molecule has 1 nitrogen and oxygen atoms in total. The predicted molar refractivity (Wildman–Crippen MR) is 81.2 cm³/mol. The molecule has 0 aliphatic rings. The van der Waals surface area contributed by atoms with Crippen LogP contribution in [0.1, 0.15) is 38.8 Å². The molecule has 2 rings (SSSR count). The van der Waals surface area contributed by atoms with Crippen LogP contribution in [0.4, 0.5) is 8.78 Å². The second-order valence-electron chi connectivity index (χ2n) is 6.29. The molecule has 0 heterocycles. The van der Waals surface area contributed by atoms with E-state index < -0.39 is 5.92 Å². The van der Waals surface area contributed by atoms with Crippen LogP contribution in [-0.4, -0.2) is 0 Å². The van der Waals surface area contributed by atoms with Crippen molar-refractivity contribution in [3.63, 3.8) is 0 Å². The zero-order valence-corrected chi connectivity index (χ0v) is 12.8. The van der Waals surface area contributed by atoms with Gasteiger partial charge in [-0.15, -0.1) is 0 Å². The van der Waals surface area contributed by atoms with Crippen molar-refractivity contribution in [1.29, 1.82) is 0 Å². The third-order valence-corrected chi connectivity index (χ3v) is 3.30. The van der Waals surface area contributed by atoms with E-state index in [1.54, 1.807) is 12.1 Å². The fourth-order valence-electron chi connectivity index (χ4n) is 1.98. The minimum Gasteiger partial charge on any atom is -0.457 e. The smallest absolute Gasteiger partial charge is 0.270 e. The van der Waals surface area contributed by atoms with Gasteiger partial charge in [-0.3, -0.25) is 0 Å². The lowest BCUT2D eigenvalue weighted by Crippen LogP contribution is -2.10. The van der Waals surface area contributed by atoms with Crippen LogP contribution < -0.4 is 4.74 Å². The topological polar surface area (TPSA) is 9.23 Å². The Morgan fingerprint density at radius 3 is 1.90 bits per heavy atom. The Balaban J connectivity index is 2.19. The summed E-state index contributed by atoms with van der Waals surface area (Å²) in [6, 6.07) is 13.7. The van der Waals surface area contributed by atoms with E-state index in [0.29, 0.717) is 11.5 Å². The van der Waals surface area contributed by atoms with Crippen molar-refractivity contribution in [2.75, 3.05) is 0 Å². The van der Waals surface area contributed by atoms with Gasteiger partial charge in [-0.1, -0.05) is 32.9 Å². The van der Waals surface area contributed by atoms with E-state index in [-0.39, 0.29) is 11.0 Å². The number of alkyl halides is 2. The van der Waals surface area contributed by atoms with Crippen molar-refractivity contribution in [1.82, 2.24) is 0 Å². The highest BCUT2D eigenvalue weighted by atomic mass is 19.3. The molecule has 0 radical (unpaired) electrons. The van der Waals surface area contributed by atoms with Crippen molar-refractivity contribution in [3.8, 4) is 11.5 Å². The van der Waals surface area contributed by atoms with Gasteiger partial charge in [0.15, 0.2) is 0 Å². The van der Waals surface area contributed by atoms with Gasteiger partial charge >= 0.3 is 0 Å². The number of rotatable bonds is 3. The minimum absolute atomic E-state index is 0.0155. The molecule has 0 saturated heterocycles. The zero-order chi connectivity index (χ0) is 15.7. The first-order chi connectivity index (χ1) is 9.66. The Hall–Kier alpha value is -1.90. The lowest BCUT2D eigenvalue weighted by atomic mass is 9.87. The Kier molecular flexibility index (Phi) is 4.04. The van der Waals surface area contributed by atoms with Gasteiger partial charge in [0.1, 0.15) is 11.5 Å². The Labute approximate surface area is 124 Å². The van der Waals surface area contributed by atoms with Gasteiger partial charge in [0, 0.05) is 12.5 Å². The van der Waals surface area contributed by atoms with Crippen LogP contribution >= 0.6 is 0 Å². The third kappa shape index (κ3) is 4.03. The molecule has 21 heavy (non-hydrogen) atoms. The van der Waals surface area contributed by atoms with Crippen molar-refractivity contribution in [2.45, 2.75) is 39.0 Å². The second kappa shape index (κ2) is 5.47. The summed E-state index contributed by atoms with van der Waals surface area (Å²) in [7, 11) is 0. The third-order valence-electron chi connectivity index (χ3n) is 3.30. The highest BCUT2D eigenvalue weighted by Crippen LogP contribution is 2.31. The van der Waals surface area contributed by atoms with Crippen molar-refractivity contribution in [3.05, 3.63) is 59.7 Å². The number of hydrogen-bond donors (Lipinski definition) is 0. The van der Waals surface area contributed by atoms with Gasteiger partial charge in [0.05, 0.1) is 0 Å². The molecule has 0 atom stereocenters. The van der Waals surface area contributed by atoms with E-state index in [1.165, 1.54) is 12.1 Å². The monoisotopic (exact) mass is 290 g/mol. The molecule has 0 N–H and O–H groups in total. The molecule has 0 aliphatic heterocycles. The minimum atomic E-state index is -2.83. The quantitative estimate of drug-likeness (QED) is 0.685. The largest absolute Gasteiger partial charge is 0.457 e. The van der Waals surface area contributed by atoms with Gasteiger partial charge in [0.2, 0.25) is 0 Å². The summed E-state index contributed by atoms with van der Waals surface area (Å²) in [6.07, 6.45) is 0. The van der Waals surface area contributed by atoms with Crippen LogP contribution in [0.25, 0.3) is 0 Å². The van der Waals surface area contributed by atoms with Crippen LogP contribution in [-0.2, 0) is 11.3 Å². The molecule has 0 saturated carbocycles. The van der Waals surface area contributed by atoms with Gasteiger partial charge < -0.3 is 4.74 Å². The van der Waals surface area contributed by atoms with Crippen LogP contribution in [0.3, 0.4) is 0 Å². The van der Waals surface area contributed by atoms with E-state index in [1.807, 2.05) is 24.3 Å². The summed E-state index contributed by atoms with van der Waals surface area (Å²) in [6.45, 7) is 7.27. The maximum atomic E-state index is 13.2. The fraction of sp³-hybridized carbons (Fsp3) is 0.333. The van der Waals surface area contributed by atoms with Crippen molar-refractivity contribution < 1.29 is 13.5 Å². The number of halogens is 2. The van der Waals surface area contributed by atoms with Crippen LogP contribution in [0.15, 0.2) is 48.5 Å². The molecule has 3 heteroatoms. The first-order valence-corrected chi connectivity index (χ1v) is 6.93. The van der Waals surface area contributed by atoms with Crippen molar-refractivity contribution in [2.24, 2.45) is 0 Å². The molecule has 112 valence electrons. The van der Waals surface area contributed by atoms with E-state index in [9.17, 15) is 8.78 Å². The standard InChI is InChI=1S/C18H20F2O/c1-17(2,3)14-6-5-7-16(12-14)21-15-10-8-13(9-11-15)18(4,19)20/h5-12H,1-4H3. The SMILES string of the molecule is CC(C)(C)c1cccc(Oc2ccc(C(C)(F)F)cc2)c1. The molecular weight excluding hydrogens is 270 g/mol. The van der Waals surface area contributed by atoms with Gasteiger partial charge in [-0.05, 0) is 47.4 Å². The number of ether oxygens (including phenoxy) is 1. The lowest BCUT2D eigenvalue weighted by Gasteiger charge is -2.19. The van der Waals surface area contributed by atoms with Gasteiger partial charge in [0.25, 0.3) is 5.92 Å². The summed E-state index contributed by atoms with van der Waals surface area (Å²) in [4.78, 5) is 0. The van der Waals surface area contributed by atoms with Crippen molar-refractivity contribution >= 4 is 0 Å². The zero-order valence-electron chi connectivity index (χ0n) is 12.8. The maximum Gasteiger partial charge on any atom is 0.270 e. The van der Waals surface area contributed by atoms with Gasteiger partial charge in [-0.2, -0.15) is 0 Å². The van der Waals surface area contributed by atoms with E-state index in [4.69, 9.17) is 4.74 Å². The molecule has 0 aromatic heterocycles. The van der Waals surface area contributed by atoms with Crippen LogP contribution in [0, 0.1) is 0 Å². The maximum absolute atomic E-state index is 13.2. The first kappa shape index (κ1) is 15.5. The Morgan fingerprint density at radius 1 is 0.762 bits per heavy atom. The number of hydrogen-bond acceptors (Lipinski definition) is 1. The molecule has 0 unspecified atom stereocenters. The van der Waals surface area contributed by atoms with E-state index in [2.05, 4.69) is 20.8 Å². The highest BCUT2D eigenvalue weighted by molar-refractivity contribution is 5.37. The molecule has 0 aliphatic carbocycles. The number of benzene rings is 2. The molecule has 0 bridgehead atoms. The predicted octanol–water partition coefficient (Wildman–Crippen LogP) is 5.89. The summed E-state index contributed by atoms with van der Waals surface area (Å²) in [5.41, 5.74) is 1.18. The average molecular weight is 290 g/mol. The van der Waals surface area contributed by atoms with Crippen LogP contribution in [0.5, 0.6) is 11.5 Å². The molecule has 0 spiro atoms. The highest BCUT2D eigenvalue weighted by Gasteiger charge is 2.23. The molecular formula is C18H20F2O. The van der Waals surface area contributed by atoms with E-state index in [0.717, 1.165) is 12.5 Å². The molecule has 0 amide bonds. The Bertz CT molecular complexity index is 604.